The van der Waals surface area contributed by atoms with Gasteiger partial charge >= 0.3 is 5.97 Å². The monoisotopic (exact) mass is 355 g/mol. The van der Waals surface area contributed by atoms with Crippen molar-refractivity contribution in [1.29, 1.82) is 0 Å². The maximum absolute atomic E-state index is 11.7. The molecule has 0 N–H and O–H groups in total. The van der Waals surface area contributed by atoms with E-state index in [2.05, 4.69) is 10.1 Å². The Morgan fingerprint density at radius 1 is 1.12 bits per heavy atom. The zero-order valence-corrected chi connectivity index (χ0v) is 13.4. The summed E-state index contributed by atoms with van der Waals surface area (Å²) in [5, 5.41) is 14.4. The van der Waals surface area contributed by atoms with Crippen molar-refractivity contribution >= 4 is 11.7 Å². The van der Waals surface area contributed by atoms with E-state index in [-0.39, 0.29) is 24.8 Å². The average molecular weight is 355 g/mol. The molecule has 0 saturated carbocycles. The number of carbonyl (C=O) groups excluding carboxylic acids is 1. The van der Waals surface area contributed by atoms with Crippen LogP contribution in [0.5, 0.6) is 5.75 Å². The molecule has 0 radical (unpaired) electrons. The maximum Gasteiger partial charge on any atom is 0.344 e. The van der Waals surface area contributed by atoms with Gasteiger partial charge in [-0.1, -0.05) is 35.5 Å². The van der Waals surface area contributed by atoms with E-state index in [0.29, 0.717) is 11.6 Å². The molecule has 9 nitrogen and oxygen atoms in total. The van der Waals surface area contributed by atoms with E-state index >= 15 is 0 Å². The van der Waals surface area contributed by atoms with E-state index in [0.717, 1.165) is 5.56 Å². The normalized spacial score (nSPS) is 10.3. The Morgan fingerprint density at radius 3 is 2.54 bits per heavy atom. The predicted octanol–water partition coefficient (Wildman–Crippen LogP) is 2.77. The van der Waals surface area contributed by atoms with Crippen molar-refractivity contribution in [2.45, 2.75) is 6.61 Å². The number of hydrogen-bond acceptors (Lipinski definition) is 8. The first-order chi connectivity index (χ1) is 12.6. The Kier molecular flexibility index (Phi) is 5.18. The van der Waals surface area contributed by atoms with E-state index in [4.69, 9.17) is 14.0 Å². The molecule has 26 heavy (non-hydrogen) atoms. The molecule has 0 unspecified atom stereocenters. The number of nitro groups is 1. The Labute approximate surface area is 147 Å². The highest BCUT2D eigenvalue weighted by Gasteiger charge is 2.12. The van der Waals surface area contributed by atoms with Crippen LogP contribution in [-0.2, 0) is 16.1 Å². The van der Waals surface area contributed by atoms with E-state index in [1.807, 2.05) is 30.3 Å². The number of carbonyl (C=O) groups is 1. The SMILES string of the molecule is O=C(COc1ccc([N+](=O)[O-])cc1)OCc1nc(-c2ccccc2)no1. The lowest BCUT2D eigenvalue weighted by atomic mass is 10.2. The van der Waals surface area contributed by atoms with Crippen LogP contribution in [0.3, 0.4) is 0 Å². The zero-order valence-electron chi connectivity index (χ0n) is 13.4. The first-order valence-electron chi connectivity index (χ1n) is 7.53. The van der Waals surface area contributed by atoms with Gasteiger partial charge < -0.3 is 14.0 Å². The van der Waals surface area contributed by atoms with Crippen LogP contribution >= 0.6 is 0 Å². The number of nitrogens with zero attached hydrogens (tertiary/aromatic N) is 3. The molecule has 9 heteroatoms. The van der Waals surface area contributed by atoms with E-state index in [9.17, 15) is 14.9 Å². The Bertz CT molecular complexity index is 892. The molecule has 0 aliphatic heterocycles. The van der Waals surface area contributed by atoms with Gasteiger partial charge in [-0.2, -0.15) is 4.98 Å². The van der Waals surface area contributed by atoms with Crippen molar-refractivity contribution in [3.8, 4) is 17.1 Å². The molecule has 2 aromatic carbocycles. The van der Waals surface area contributed by atoms with Gasteiger partial charge in [0.25, 0.3) is 11.6 Å². The minimum Gasteiger partial charge on any atom is -0.482 e. The van der Waals surface area contributed by atoms with Crippen molar-refractivity contribution in [2.24, 2.45) is 0 Å². The number of aromatic nitrogens is 2. The lowest BCUT2D eigenvalue weighted by Crippen LogP contribution is -2.14. The Morgan fingerprint density at radius 2 is 1.85 bits per heavy atom. The molecule has 1 heterocycles. The molecule has 132 valence electrons. The topological polar surface area (TPSA) is 118 Å². The molecular formula is C17H13N3O6. The second-order valence-electron chi connectivity index (χ2n) is 5.08. The fourth-order valence-corrected chi connectivity index (χ4v) is 2.01. The fourth-order valence-electron chi connectivity index (χ4n) is 2.01. The summed E-state index contributed by atoms with van der Waals surface area (Å²) in [7, 11) is 0. The van der Waals surface area contributed by atoms with Gasteiger partial charge in [-0.15, -0.1) is 0 Å². The van der Waals surface area contributed by atoms with Crippen LogP contribution in [0.2, 0.25) is 0 Å². The van der Waals surface area contributed by atoms with Crippen LogP contribution in [-0.4, -0.2) is 27.6 Å². The van der Waals surface area contributed by atoms with Crippen LogP contribution in [0.1, 0.15) is 5.89 Å². The van der Waals surface area contributed by atoms with Gasteiger partial charge in [-0.05, 0) is 12.1 Å². The molecule has 3 aromatic rings. The third-order valence-corrected chi connectivity index (χ3v) is 3.26. The number of nitro benzene ring substituents is 1. The summed E-state index contributed by atoms with van der Waals surface area (Å²) in [6.07, 6.45) is 0. The van der Waals surface area contributed by atoms with Gasteiger partial charge in [-0.25, -0.2) is 4.79 Å². The van der Waals surface area contributed by atoms with E-state index < -0.39 is 10.9 Å². The van der Waals surface area contributed by atoms with Crippen LogP contribution in [0.4, 0.5) is 5.69 Å². The minimum atomic E-state index is -0.636. The largest absolute Gasteiger partial charge is 0.482 e. The molecule has 0 saturated heterocycles. The smallest absolute Gasteiger partial charge is 0.344 e. The highest BCUT2D eigenvalue weighted by Crippen LogP contribution is 2.17. The highest BCUT2D eigenvalue weighted by atomic mass is 16.6. The van der Waals surface area contributed by atoms with Gasteiger partial charge in [0.2, 0.25) is 5.82 Å². The van der Waals surface area contributed by atoms with Crippen molar-refractivity contribution in [3.05, 3.63) is 70.6 Å². The Balaban J connectivity index is 1.47. The summed E-state index contributed by atoms with van der Waals surface area (Å²) in [5.74, 6) is 0.242. The van der Waals surface area contributed by atoms with Crippen LogP contribution < -0.4 is 4.74 Å². The summed E-state index contributed by atoms with van der Waals surface area (Å²) in [6.45, 7) is -0.528. The molecule has 0 spiro atoms. The molecular weight excluding hydrogens is 342 g/mol. The molecule has 3 rings (SSSR count). The summed E-state index contributed by atoms with van der Waals surface area (Å²) in [5.41, 5.74) is 0.723. The van der Waals surface area contributed by atoms with Gasteiger partial charge in [0.05, 0.1) is 4.92 Å². The van der Waals surface area contributed by atoms with Gasteiger partial charge in [0.1, 0.15) is 5.75 Å². The number of non-ortho nitro benzene ring substituents is 1. The molecule has 0 aliphatic rings. The molecule has 0 atom stereocenters. The van der Waals surface area contributed by atoms with E-state index in [1.165, 1.54) is 24.3 Å². The van der Waals surface area contributed by atoms with Crippen molar-refractivity contribution < 1.29 is 23.7 Å². The lowest BCUT2D eigenvalue weighted by Gasteiger charge is -2.05. The van der Waals surface area contributed by atoms with Crippen molar-refractivity contribution in [3.63, 3.8) is 0 Å². The fraction of sp³-hybridized carbons (Fsp3) is 0.118. The second kappa shape index (κ2) is 7.88. The molecule has 0 amide bonds. The number of ether oxygens (including phenoxy) is 2. The first-order valence-corrected chi connectivity index (χ1v) is 7.53. The number of benzene rings is 2. The van der Waals surface area contributed by atoms with Crippen molar-refractivity contribution in [2.75, 3.05) is 6.61 Å². The third kappa shape index (κ3) is 4.41. The molecule has 0 bridgehead atoms. The lowest BCUT2D eigenvalue weighted by molar-refractivity contribution is -0.384. The van der Waals surface area contributed by atoms with Gasteiger partial charge in [0.15, 0.2) is 13.2 Å². The van der Waals surface area contributed by atoms with E-state index in [1.54, 1.807) is 0 Å². The number of rotatable bonds is 7. The zero-order chi connectivity index (χ0) is 18.4. The molecule has 0 fully saturated rings. The predicted molar refractivity (Wildman–Crippen MR) is 88.1 cm³/mol. The van der Waals surface area contributed by atoms with Crippen LogP contribution in [0.25, 0.3) is 11.4 Å². The number of hydrogen-bond donors (Lipinski definition) is 0. The summed E-state index contributed by atoms with van der Waals surface area (Å²) in [4.78, 5) is 25.9. The maximum atomic E-state index is 11.7. The quantitative estimate of drug-likeness (QED) is 0.361. The summed E-state index contributed by atoms with van der Waals surface area (Å²) >= 11 is 0. The van der Waals surface area contributed by atoms with Crippen LogP contribution in [0, 0.1) is 10.1 Å². The molecule has 1 aromatic heterocycles. The standard InChI is InChI=1S/C17H13N3O6/c21-16(11-24-14-8-6-13(7-9-14)20(22)23)25-10-15-18-17(19-26-15)12-4-2-1-3-5-12/h1-9H,10-11H2. The second-order valence-corrected chi connectivity index (χ2v) is 5.08. The average Bonchev–Trinajstić information content (AvgIpc) is 3.15. The van der Waals surface area contributed by atoms with Gasteiger partial charge in [-0.3, -0.25) is 10.1 Å². The molecule has 0 aliphatic carbocycles. The highest BCUT2D eigenvalue weighted by molar-refractivity contribution is 5.71. The first kappa shape index (κ1) is 17.1. The summed E-state index contributed by atoms with van der Waals surface area (Å²) in [6, 6.07) is 14.6. The number of esters is 1. The van der Waals surface area contributed by atoms with Gasteiger partial charge in [0, 0.05) is 17.7 Å². The van der Waals surface area contributed by atoms with Crippen molar-refractivity contribution in [1.82, 2.24) is 10.1 Å². The van der Waals surface area contributed by atoms with Crippen LogP contribution in [0.15, 0.2) is 59.1 Å². The third-order valence-electron chi connectivity index (χ3n) is 3.26. The minimum absolute atomic E-state index is 0.0643. The summed E-state index contributed by atoms with van der Waals surface area (Å²) < 4.78 is 15.2. The Hall–Kier alpha value is -3.75.